The molecule has 0 bridgehead atoms. The van der Waals surface area contributed by atoms with Gasteiger partial charge in [-0.15, -0.1) is 0 Å². The number of hydrogen-bond donors (Lipinski definition) is 20. The summed E-state index contributed by atoms with van der Waals surface area (Å²) >= 11 is 0. The molecule has 2 aromatic rings. The van der Waals surface area contributed by atoms with Crippen LogP contribution in [-0.2, 0) is 75.2 Å². The highest BCUT2D eigenvalue weighted by molar-refractivity contribution is 5.99. The lowest BCUT2D eigenvalue weighted by Gasteiger charge is -2.28. The molecule has 0 aliphatic rings. The Kier molecular flexibility index (Phi) is 29.5. The van der Waals surface area contributed by atoms with Crippen molar-refractivity contribution in [2.45, 2.75) is 138 Å². The van der Waals surface area contributed by atoms with E-state index in [0.717, 1.165) is 6.92 Å². The van der Waals surface area contributed by atoms with Crippen LogP contribution < -0.4 is 65.5 Å². The minimum atomic E-state index is -2.17. The first-order valence-electron chi connectivity index (χ1n) is 25.7. The Balaban J connectivity index is 2.46. The Morgan fingerprint density at radius 1 is 0.476 bits per heavy atom. The maximum absolute atomic E-state index is 14.2. The number of aliphatic imine (C=N–C) groups is 1. The molecule has 0 fully saturated rings. The van der Waals surface area contributed by atoms with Crippen LogP contribution >= 0.6 is 0 Å². The molecule has 0 radical (unpaired) electrons. The molecule has 10 atom stereocenters. The first-order chi connectivity index (χ1) is 39.4. The van der Waals surface area contributed by atoms with Crippen molar-refractivity contribution in [1.29, 1.82) is 0 Å². The quantitative estimate of drug-likeness (QED) is 0.0169. The number of hydrogen-bond acceptors (Lipinski definition) is 19. The highest BCUT2D eigenvalue weighted by Gasteiger charge is 2.37. The second-order valence-corrected chi connectivity index (χ2v) is 18.9. The topological polar surface area (TPSA) is 596 Å². The summed E-state index contributed by atoms with van der Waals surface area (Å²) in [5.74, 6) is -17.7. The first kappa shape index (κ1) is 70.4. The molecular formula is C50H71N13O21. The molecule has 0 aliphatic carbocycles. The number of nitrogens with two attached hydrogens (primary N) is 4. The van der Waals surface area contributed by atoms with Crippen LogP contribution in [0.3, 0.4) is 0 Å². The van der Waals surface area contributed by atoms with Crippen molar-refractivity contribution in [3.63, 3.8) is 0 Å². The normalized spacial score (nSPS) is 14.4. The minimum absolute atomic E-state index is 0.00267. The Labute approximate surface area is 477 Å². The van der Waals surface area contributed by atoms with Gasteiger partial charge < -0.3 is 106 Å². The first-order valence-corrected chi connectivity index (χ1v) is 25.7. The maximum atomic E-state index is 14.2. The van der Waals surface area contributed by atoms with E-state index in [4.69, 9.17) is 28.0 Å². The Morgan fingerprint density at radius 2 is 0.869 bits per heavy atom. The minimum Gasteiger partial charge on any atom is -0.508 e. The molecule has 0 spiro atoms. The van der Waals surface area contributed by atoms with Crippen molar-refractivity contribution in [1.82, 2.24) is 42.5 Å². The summed E-state index contributed by atoms with van der Waals surface area (Å²) in [6, 6.07) is -6.19. The number of aliphatic hydroxyl groups is 2. The van der Waals surface area contributed by atoms with Gasteiger partial charge in [-0.3, -0.25) is 62.5 Å². The van der Waals surface area contributed by atoms with Crippen LogP contribution in [0.4, 0.5) is 0 Å². The molecule has 84 heavy (non-hydrogen) atoms. The van der Waals surface area contributed by atoms with E-state index in [2.05, 4.69) is 42.2 Å². The fourth-order valence-corrected chi connectivity index (χ4v) is 7.56. The number of guanidine groups is 1. The summed E-state index contributed by atoms with van der Waals surface area (Å²) < 4.78 is 0. The van der Waals surface area contributed by atoms with E-state index >= 15 is 0 Å². The van der Waals surface area contributed by atoms with E-state index in [1.807, 2.05) is 5.32 Å². The molecule has 0 heterocycles. The van der Waals surface area contributed by atoms with Gasteiger partial charge in [0.15, 0.2) is 5.96 Å². The molecule has 34 nitrogen and oxygen atoms in total. The fraction of sp³-hybridized carbons (Fsp3) is 0.480. The number of aliphatic carboxylic acids is 4. The number of aromatic hydroxyl groups is 2. The molecule has 2 rings (SSSR count). The largest absolute Gasteiger partial charge is 0.508 e. The summed E-state index contributed by atoms with van der Waals surface area (Å²) in [5.41, 5.74) is 22.2. The zero-order chi connectivity index (χ0) is 63.4. The van der Waals surface area contributed by atoms with Crippen molar-refractivity contribution in [2.75, 3.05) is 13.2 Å². The molecule has 0 unspecified atom stereocenters. The number of phenols is 2. The number of aliphatic hydroxyl groups excluding tert-OH is 2. The van der Waals surface area contributed by atoms with Gasteiger partial charge in [-0.1, -0.05) is 24.3 Å². The van der Waals surface area contributed by atoms with E-state index in [9.17, 15) is 98.1 Å². The summed E-state index contributed by atoms with van der Waals surface area (Å²) in [6.07, 6.45) is -7.56. The highest BCUT2D eigenvalue weighted by atomic mass is 16.4. The molecule has 24 N–H and O–H groups in total. The van der Waals surface area contributed by atoms with Gasteiger partial charge in [0.25, 0.3) is 0 Å². The van der Waals surface area contributed by atoms with Crippen LogP contribution in [0.15, 0.2) is 53.5 Å². The van der Waals surface area contributed by atoms with Gasteiger partial charge in [0.1, 0.15) is 59.8 Å². The maximum Gasteiger partial charge on any atom is 0.326 e. The van der Waals surface area contributed by atoms with Crippen molar-refractivity contribution in [3.05, 3.63) is 59.7 Å². The molecule has 0 aliphatic heterocycles. The lowest BCUT2D eigenvalue weighted by atomic mass is 10.0. The summed E-state index contributed by atoms with van der Waals surface area (Å²) in [4.78, 5) is 172. The second-order valence-electron chi connectivity index (χ2n) is 18.9. The number of primary amides is 1. The number of nitrogens with zero attached hydrogens (tertiary/aromatic N) is 1. The van der Waals surface area contributed by atoms with E-state index < -0.39 is 195 Å². The Hall–Kier alpha value is -9.70. The van der Waals surface area contributed by atoms with Crippen LogP contribution in [-0.4, -0.2) is 197 Å². The van der Waals surface area contributed by atoms with Crippen molar-refractivity contribution in [2.24, 2.45) is 27.9 Å². The molecular weight excluding hydrogens is 1120 g/mol. The predicted octanol–water partition coefficient (Wildman–Crippen LogP) is -6.93. The van der Waals surface area contributed by atoms with Crippen molar-refractivity contribution in [3.8, 4) is 11.5 Å². The van der Waals surface area contributed by atoms with Gasteiger partial charge in [-0.05, 0) is 74.4 Å². The zero-order valence-electron chi connectivity index (χ0n) is 45.2. The number of rotatable bonds is 38. The number of carbonyl (C=O) groups is 13. The number of benzene rings is 2. The van der Waals surface area contributed by atoms with Gasteiger partial charge in [0.05, 0.1) is 25.2 Å². The molecule has 0 saturated carbocycles. The van der Waals surface area contributed by atoms with Crippen LogP contribution in [0.1, 0.15) is 75.8 Å². The molecule has 34 heteroatoms. The SMILES string of the molecule is C[C@@H](O)[C@H](NC(=O)[C@H](CO)NC(=O)[C@H](CC(=O)O)NC(=O)[C@H](Cc1ccc(O)cc1)NC(=O)[C@H](CCC(N)=O)NC(=O)[C@H](CCC(=O)O)NC(=O)[C@@H](N)CCC(=O)O)C(=O)N[C@@H](Cc1ccc(O)cc1)C(=O)N[C@@H](CCCN=C(N)N)C(=O)O. The van der Waals surface area contributed by atoms with Crippen LogP contribution in [0, 0.1) is 0 Å². The van der Waals surface area contributed by atoms with Gasteiger partial charge in [-0.2, -0.15) is 0 Å². The third kappa shape index (κ3) is 26.3. The van der Waals surface area contributed by atoms with Gasteiger partial charge in [0, 0.05) is 38.6 Å². The summed E-state index contributed by atoms with van der Waals surface area (Å²) in [6.45, 7) is -0.272. The number of phenolic OH excluding ortho intramolecular Hbond substituents is 2. The number of carbonyl (C=O) groups excluding carboxylic acids is 9. The molecule has 462 valence electrons. The smallest absolute Gasteiger partial charge is 0.326 e. The molecule has 9 amide bonds. The van der Waals surface area contributed by atoms with E-state index in [0.29, 0.717) is 5.56 Å². The van der Waals surface area contributed by atoms with Crippen molar-refractivity contribution >= 4 is 83.0 Å². The molecule has 2 aromatic carbocycles. The van der Waals surface area contributed by atoms with E-state index in [1.54, 1.807) is 0 Å². The third-order valence-corrected chi connectivity index (χ3v) is 12.1. The van der Waals surface area contributed by atoms with Crippen LogP contribution in [0.2, 0.25) is 0 Å². The average Bonchev–Trinajstić information content (AvgIpc) is 3.58. The Morgan fingerprint density at radius 3 is 1.31 bits per heavy atom. The van der Waals surface area contributed by atoms with Crippen LogP contribution in [0.5, 0.6) is 11.5 Å². The lowest BCUT2D eigenvalue weighted by Crippen LogP contribution is -2.62. The Bertz CT molecular complexity index is 2690. The third-order valence-electron chi connectivity index (χ3n) is 12.1. The van der Waals surface area contributed by atoms with Crippen LogP contribution in [0.25, 0.3) is 0 Å². The highest BCUT2D eigenvalue weighted by Crippen LogP contribution is 2.15. The number of nitrogens with one attached hydrogen (secondary N) is 8. The molecule has 0 saturated heterocycles. The van der Waals surface area contributed by atoms with E-state index in [1.165, 1.54) is 48.5 Å². The molecule has 0 aromatic heterocycles. The monoisotopic (exact) mass is 1190 g/mol. The van der Waals surface area contributed by atoms with E-state index in [-0.39, 0.29) is 48.8 Å². The predicted molar refractivity (Wildman–Crippen MR) is 288 cm³/mol. The van der Waals surface area contributed by atoms with Gasteiger partial charge >= 0.3 is 23.9 Å². The summed E-state index contributed by atoms with van der Waals surface area (Å²) in [5, 5.41) is 96.2. The zero-order valence-corrected chi connectivity index (χ0v) is 45.2. The average molecular weight is 1190 g/mol. The van der Waals surface area contributed by atoms with Crippen molar-refractivity contribution < 1.29 is 103 Å². The fourth-order valence-electron chi connectivity index (χ4n) is 7.56. The lowest BCUT2D eigenvalue weighted by molar-refractivity contribution is -0.143. The van der Waals surface area contributed by atoms with Gasteiger partial charge in [-0.25, -0.2) is 4.79 Å². The summed E-state index contributed by atoms with van der Waals surface area (Å²) in [7, 11) is 0. The van der Waals surface area contributed by atoms with Gasteiger partial charge in [0.2, 0.25) is 53.2 Å². The standard InChI is InChI=1S/C50H71N13O21/c1-23(65)40(48(82)61-33(20-25-6-10-27(67)11-7-25)44(78)58-31(49(83)84)3-2-18-55-50(53)54)63-47(81)35(22-64)62-46(80)34(21-39(73)74)60-45(79)32(19-24-4-8-26(66)9-5-24)59-43(77)29(13-15-36(52)68)57-42(76)30(14-17-38(71)72)56-41(75)28(51)12-16-37(69)70/h4-11,23,28-35,40,64-67H,2-3,12-22,51H2,1H3,(H2,52,68)(H,56,75)(H,57,76)(H,58,78)(H,59,77)(H,60,79)(H,61,82)(H,62,80)(H,63,81)(H,69,70)(H,71,72)(H,73,74)(H,83,84)(H4,53,54,55)/t23-,28+,29+,30+,31+,32+,33+,34+,35+,40+/m1/s1. The second kappa shape index (κ2) is 35.2. The number of amides is 9. The number of carboxylic acids is 4. The number of carboxylic acid groups (broad SMARTS) is 4.